The van der Waals surface area contributed by atoms with Crippen LogP contribution in [0.25, 0.3) is 0 Å². The van der Waals surface area contributed by atoms with Gasteiger partial charge >= 0.3 is 5.84 Å². The minimum absolute atomic E-state index is 0.165. The molecule has 0 spiro atoms. The summed E-state index contributed by atoms with van der Waals surface area (Å²) in [7, 11) is 1.56. The highest BCUT2D eigenvalue weighted by Crippen LogP contribution is 2.28. The number of rotatable bonds is 6. The lowest BCUT2D eigenvalue weighted by molar-refractivity contribution is -0.346. The van der Waals surface area contributed by atoms with E-state index in [0.717, 1.165) is 0 Å². The molecule has 3 heterocycles. The molecule has 1 aromatic rings. The van der Waals surface area contributed by atoms with Gasteiger partial charge in [-0.15, -0.1) is 0 Å². The molecule has 3 rings (SSSR count). The van der Waals surface area contributed by atoms with Crippen molar-refractivity contribution in [3.05, 3.63) is 22.2 Å². The summed E-state index contributed by atoms with van der Waals surface area (Å²) in [6, 6.07) is 3.50. The van der Waals surface area contributed by atoms with Crippen LogP contribution in [0.4, 0.5) is 5.00 Å². The number of hydrazone groups is 1. The molecule has 0 bridgehead atoms. The molecule has 0 fully saturated rings. The second-order valence-electron chi connectivity index (χ2n) is 5.11. The van der Waals surface area contributed by atoms with Crippen LogP contribution >= 0.6 is 34.7 Å². The fourth-order valence-corrected chi connectivity index (χ4v) is 4.31. The smallest absolute Gasteiger partial charge is 0.430 e. The van der Waals surface area contributed by atoms with Crippen molar-refractivity contribution in [3.8, 4) is 5.06 Å². The monoisotopic (exact) mass is 402 g/mol. The van der Waals surface area contributed by atoms with Crippen molar-refractivity contribution in [2.45, 2.75) is 5.25 Å². The molecule has 0 amide bonds. The lowest BCUT2D eigenvalue weighted by Gasteiger charge is -2.20. The van der Waals surface area contributed by atoms with E-state index >= 15 is 0 Å². The van der Waals surface area contributed by atoms with Crippen LogP contribution in [-0.4, -0.2) is 64.5 Å². The van der Waals surface area contributed by atoms with E-state index < -0.39 is 4.92 Å². The van der Waals surface area contributed by atoms with Gasteiger partial charge in [0.1, 0.15) is 5.00 Å². The Balaban J connectivity index is 1.70. The van der Waals surface area contributed by atoms with E-state index in [9.17, 15) is 10.1 Å². The largest absolute Gasteiger partial charge is 0.487 e. The molecule has 0 saturated carbocycles. The molecule has 25 heavy (non-hydrogen) atoms. The van der Waals surface area contributed by atoms with E-state index in [1.165, 1.54) is 23.1 Å². The highest BCUT2D eigenvalue weighted by atomic mass is 35.5. The number of amidine groups is 2. The van der Waals surface area contributed by atoms with Gasteiger partial charge in [-0.2, -0.15) is 5.43 Å². The van der Waals surface area contributed by atoms with Crippen molar-refractivity contribution in [3.63, 3.8) is 0 Å². The first kappa shape index (κ1) is 18.0. The molecular weight excluding hydrogens is 388 g/mol. The Morgan fingerprint density at radius 2 is 2.44 bits per heavy atom. The summed E-state index contributed by atoms with van der Waals surface area (Å²) in [5.74, 6) is -0.0236. The van der Waals surface area contributed by atoms with Crippen LogP contribution in [0, 0.1) is 10.1 Å². The van der Waals surface area contributed by atoms with E-state index in [4.69, 9.17) is 16.3 Å². The Bertz CT molecular complexity index is 750. The van der Waals surface area contributed by atoms with Gasteiger partial charge in [0.2, 0.25) is 5.84 Å². The van der Waals surface area contributed by atoms with Crippen LogP contribution in [0.3, 0.4) is 0 Å². The van der Waals surface area contributed by atoms with Crippen molar-refractivity contribution in [2.75, 3.05) is 38.7 Å². The van der Waals surface area contributed by atoms with Gasteiger partial charge in [-0.05, 0) is 17.1 Å². The molecule has 1 unspecified atom stereocenters. The van der Waals surface area contributed by atoms with E-state index in [0.29, 0.717) is 40.7 Å². The zero-order valence-corrected chi connectivity index (χ0v) is 15.6. The topological polar surface area (TPSA) is 105 Å². The van der Waals surface area contributed by atoms with E-state index in [-0.39, 0.29) is 16.9 Å². The van der Waals surface area contributed by atoms with Crippen LogP contribution in [0.2, 0.25) is 0 Å². The number of halogens is 1. The number of nitrogens with one attached hydrogen (secondary N) is 1. The molecule has 2 aliphatic heterocycles. The molecule has 0 radical (unpaired) electrons. The van der Waals surface area contributed by atoms with Gasteiger partial charge in [0, 0.05) is 18.3 Å². The molecule has 2 aliphatic rings. The first-order valence-corrected chi connectivity index (χ1v) is 9.42. The fourth-order valence-electron chi connectivity index (χ4n) is 2.37. The zero-order chi connectivity index (χ0) is 17.8. The number of hydrogen-bond acceptors (Lipinski definition) is 10. The quantitative estimate of drug-likeness (QED) is 0.338. The third-order valence-electron chi connectivity index (χ3n) is 3.47. The summed E-state index contributed by atoms with van der Waals surface area (Å²) in [5, 5.41) is 16.9. The molecule has 0 saturated heterocycles. The van der Waals surface area contributed by atoms with Crippen molar-refractivity contribution in [1.82, 2.24) is 4.90 Å². The lowest BCUT2D eigenvalue weighted by atomic mass is 10.3. The number of thioether (sulfide) groups is 1. The third kappa shape index (κ3) is 4.41. The molecule has 9 nitrogen and oxygen atoms in total. The number of aliphatic imine (C=N–C) groups is 2. The molecule has 0 aliphatic carbocycles. The molecule has 1 atom stereocenters. The number of thiophene rings is 1. The fraction of sp³-hybridized carbons (Fsp3) is 0.462. The van der Waals surface area contributed by atoms with Crippen LogP contribution < -0.4 is 10.2 Å². The van der Waals surface area contributed by atoms with Gasteiger partial charge in [0.05, 0.1) is 25.3 Å². The number of methoxy groups -OCH3 is 1. The summed E-state index contributed by atoms with van der Waals surface area (Å²) in [6.07, 6.45) is 0. The lowest BCUT2D eigenvalue weighted by Crippen LogP contribution is -2.41. The summed E-state index contributed by atoms with van der Waals surface area (Å²) in [4.78, 5) is 21.2. The van der Waals surface area contributed by atoms with Gasteiger partial charge in [0.15, 0.2) is 9.57 Å². The summed E-state index contributed by atoms with van der Waals surface area (Å²) >= 11 is 8.66. The normalized spacial score (nSPS) is 20.5. The third-order valence-corrected chi connectivity index (χ3v) is 5.76. The van der Waals surface area contributed by atoms with Crippen LogP contribution in [0.1, 0.15) is 0 Å². The van der Waals surface area contributed by atoms with Gasteiger partial charge < -0.3 is 19.8 Å². The van der Waals surface area contributed by atoms with Crippen LogP contribution in [0.5, 0.6) is 5.06 Å². The van der Waals surface area contributed by atoms with E-state index in [2.05, 4.69) is 20.5 Å². The molecule has 1 N–H and O–H groups in total. The Hall–Kier alpha value is -1.85. The Labute approximate surface area is 157 Å². The van der Waals surface area contributed by atoms with Gasteiger partial charge in [-0.3, -0.25) is 9.98 Å². The van der Waals surface area contributed by atoms with E-state index in [1.807, 2.05) is 4.90 Å². The Morgan fingerprint density at radius 3 is 3.08 bits per heavy atom. The maximum Gasteiger partial charge on any atom is 0.430 e. The van der Waals surface area contributed by atoms with Crippen LogP contribution in [0.15, 0.2) is 27.2 Å². The summed E-state index contributed by atoms with van der Waals surface area (Å²) in [5.41, 5.74) is 2.71. The predicted octanol–water partition coefficient (Wildman–Crippen LogP) is 2.18. The minimum Gasteiger partial charge on any atom is -0.487 e. The van der Waals surface area contributed by atoms with Crippen molar-refractivity contribution < 1.29 is 9.66 Å². The molecule has 0 aromatic carbocycles. The average Bonchev–Trinajstić information content (AvgIpc) is 3.30. The molecule has 1 aromatic heterocycles. The summed E-state index contributed by atoms with van der Waals surface area (Å²) < 4.78 is 5.62. The molecule has 12 heteroatoms. The molecular formula is C13H15ClN6O3S2. The van der Waals surface area contributed by atoms with Crippen molar-refractivity contribution >= 4 is 55.9 Å². The second kappa shape index (κ2) is 8.02. The first-order chi connectivity index (χ1) is 12.1. The van der Waals surface area contributed by atoms with Crippen molar-refractivity contribution in [2.24, 2.45) is 15.1 Å². The van der Waals surface area contributed by atoms with Gasteiger partial charge in [0.25, 0.3) is 0 Å². The van der Waals surface area contributed by atoms with Gasteiger partial charge in [-0.1, -0.05) is 34.7 Å². The zero-order valence-electron chi connectivity index (χ0n) is 13.2. The van der Waals surface area contributed by atoms with E-state index in [1.54, 1.807) is 19.2 Å². The maximum atomic E-state index is 11.5. The predicted molar refractivity (Wildman–Crippen MR) is 102 cm³/mol. The van der Waals surface area contributed by atoms with Crippen molar-refractivity contribution in [1.29, 1.82) is 0 Å². The first-order valence-electron chi connectivity index (χ1n) is 7.35. The standard InChI is InChI=1S/C13H15ClN6O3S2/c1-23-10-3-2-9(25-10)17-18-12(20(21)22)11-15-4-5-19(11)7-8-6-16-13(14)24-8/h2-3,8,17H,4-7H2,1H3. The SMILES string of the molecule is COc1ccc(NN=C(C2=NCCN2CC2CN=C(Cl)S2)[N+](=O)[O-])s1. The van der Waals surface area contributed by atoms with Crippen LogP contribution in [-0.2, 0) is 0 Å². The maximum absolute atomic E-state index is 11.5. The minimum atomic E-state index is -0.528. The Morgan fingerprint density at radius 1 is 1.60 bits per heavy atom. The Kier molecular flexibility index (Phi) is 5.76. The highest BCUT2D eigenvalue weighted by molar-refractivity contribution is 8.17. The second-order valence-corrected chi connectivity index (χ2v) is 8.03. The number of nitrogens with zero attached hydrogens (tertiary/aromatic N) is 5. The highest BCUT2D eigenvalue weighted by Gasteiger charge is 2.33. The summed E-state index contributed by atoms with van der Waals surface area (Å²) in [6.45, 7) is 2.30. The number of ether oxygens (including phenoxy) is 1. The number of anilines is 1. The van der Waals surface area contributed by atoms with Gasteiger partial charge in [-0.25, -0.2) is 0 Å². The number of hydrogen-bond donors (Lipinski definition) is 1. The molecule has 134 valence electrons. The number of nitro groups is 1. The average molecular weight is 403 g/mol.